The molecule has 2 N–H and O–H groups in total. The van der Waals surface area contributed by atoms with Crippen LogP contribution in [0.15, 0.2) is 48.5 Å². The summed E-state index contributed by atoms with van der Waals surface area (Å²) in [5, 5.41) is 14.6. The Bertz CT molecular complexity index is 1350. The van der Waals surface area contributed by atoms with E-state index < -0.39 is 17.7 Å². The highest BCUT2D eigenvalue weighted by molar-refractivity contribution is 6.30. The number of piperidine rings is 1. The number of carboxylic acids is 1. The Kier molecular flexibility index (Phi) is 9.47. The Labute approximate surface area is 250 Å². The Morgan fingerprint density at radius 2 is 1.54 bits per heavy atom. The number of hydrogen-bond donors (Lipinski definition) is 2. The van der Waals surface area contributed by atoms with E-state index in [0.29, 0.717) is 11.3 Å². The standard InChI is InChI=1S/C34H44ClN3O3/c1-22-28(26-12-8-24(9-13-26)20-36-21-25-10-14-27(35)15-11-25)30(38-18-16-34(6,7)17-19-38)29(23(2)37-22)31(32(39)40)41-33(3,4)5/h8-15,31,36H,16-21H2,1-7H3,(H,39,40)/t31-/m0/s1. The number of pyridine rings is 1. The first-order chi connectivity index (χ1) is 19.2. The van der Waals surface area contributed by atoms with Gasteiger partial charge in [0.05, 0.1) is 11.3 Å². The summed E-state index contributed by atoms with van der Waals surface area (Å²) in [6, 6.07) is 16.4. The van der Waals surface area contributed by atoms with Gasteiger partial charge in [-0.1, -0.05) is 61.8 Å². The van der Waals surface area contributed by atoms with Crippen LogP contribution in [0.25, 0.3) is 11.1 Å². The monoisotopic (exact) mass is 577 g/mol. The van der Waals surface area contributed by atoms with Crippen molar-refractivity contribution >= 4 is 23.3 Å². The minimum absolute atomic E-state index is 0.253. The van der Waals surface area contributed by atoms with E-state index in [9.17, 15) is 9.90 Å². The molecular weight excluding hydrogens is 534 g/mol. The van der Waals surface area contributed by atoms with E-state index in [0.717, 1.165) is 66.6 Å². The lowest BCUT2D eigenvalue weighted by atomic mass is 9.81. The second kappa shape index (κ2) is 12.5. The zero-order valence-electron chi connectivity index (χ0n) is 25.5. The first-order valence-corrected chi connectivity index (χ1v) is 14.8. The number of anilines is 1. The minimum atomic E-state index is -1.12. The summed E-state index contributed by atoms with van der Waals surface area (Å²) in [6.07, 6.45) is 0.938. The van der Waals surface area contributed by atoms with Gasteiger partial charge in [-0.2, -0.15) is 0 Å². The van der Waals surface area contributed by atoms with E-state index in [1.165, 1.54) is 11.1 Å². The summed E-state index contributed by atoms with van der Waals surface area (Å²) < 4.78 is 6.19. The number of hydrogen-bond acceptors (Lipinski definition) is 5. The fraction of sp³-hybridized carbons (Fsp3) is 0.471. The van der Waals surface area contributed by atoms with Crippen molar-refractivity contribution in [3.8, 4) is 11.1 Å². The second-order valence-electron chi connectivity index (χ2n) is 12.9. The quantitative estimate of drug-likeness (QED) is 0.269. The van der Waals surface area contributed by atoms with Gasteiger partial charge in [-0.3, -0.25) is 4.98 Å². The number of carbonyl (C=O) groups is 1. The van der Waals surface area contributed by atoms with E-state index in [4.69, 9.17) is 21.3 Å². The average Bonchev–Trinajstić information content (AvgIpc) is 2.88. The zero-order valence-corrected chi connectivity index (χ0v) is 26.2. The number of nitrogens with zero attached hydrogens (tertiary/aromatic N) is 2. The van der Waals surface area contributed by atoms with Crippen LogP contribution in [-0.4, -0.2) is 34.8 Å². The van der Waals surface area contributed by atoms with Crippen LogP contribution in [0, 0.1) is 19.3 Å². The van der Waals surface area contributed by atoms with Crippen molar-refractivity contribution in [1.29, 1.82) is 0 Å². The number of benzene rings is 2. The van der Waals surface area contributed by atoms with Crippen molar-refractivity contribution in [3.63, 3.8) is 0 Å². The van der Waals surface area contributed by atoms with Gasteiger partial charge in [-0.15, -0.1) is 0 Å². The van der Waals surface area contributed by atoms with E-state index in [2.05, 4.69) is 48.3 Å². The van der Waals surface area contributed by atoms with Gasteiger partial charge in [0.15, 0.2) is 6.10 Å². The third kappa shape index (κ3) is 7.88. The summed E-state index contributed by atoms with van der Waals surface area (Å²) in [5.41, 5.74) is 7.15. The molecular formula is C34H44ClN3O3. The Morgan fingerprint density at radius 1 is 1.00 bits per heavy atom. The maximum absolute atomic E-state index is 12.7. The summed E-state index contributed by atoms with van der Waals surface area (Å²) in [7, 11) is 0. The molecule has 1 aliphatic rings. The van der Waals surface area contributed by atoms with Crippen molar-refractivity contribution in [2.24, 2.45) is 5.41 Å². The highest BCUT2D eigenvalue weighted by atomic mass is 35.5. The number of aromatic nitrogens is 1. The SMILES string of the molecule is Cc1nc(C)c([C@H](OC(C)(C)C)C(=O)O)c(N2CCC(C)(C)CC2)c1-c1ccc(CNCc2ccc(Cl)cc2)cc1. The van der Waals surface area contributed by atoms with Crippen molar-refractivity contribution in [3.05, 3.63) is 81.6 Å². The first kappa shape index (κ1) is 31.0. The maximum Gasteiger partial charge on any atom is 0.337 e. The third-order valence-electron chi connectivity index (χ3n) is 7.78. The number of aryl methyl sites for hydroxylation is 2. The number of carboxylic acid groups (broad SMARTS) is 1. The summed E-state index contributed by atoms with van der Waals surface area (Å²) >= 11 is 6.01. The fourth-order valence-corrected chi connectivity index (χ4v) is 5.62. The van der Waals surface area contributed by atoms with E-state index >= 15 is 0 Å². The van der Waals surface area contributed by atoms with E-state index in [1.807, 2.05) is 58.9 Å². The molecule has 0 amide bonds. The molecule has 0 radical (unpaired) electrons. The molecule has 1 aliphatic heterocycles. The largest absolute Gasteiger partial charge is 0.479 e. The van der Waals surface area contributed by atoms with Gasteiger partial charge < -0.3 is 20.1 Å². The van der Waals surface area contributed by atoms with Crippen LogP contribution in [0.5, 0.6) is 0 Å². The molecule has 6 nitrogen and oxygen atoms in total. The summed E-state index contributed by atoms with van der Waals surface area (Å²) in [6.45, 7) is 17.4. The molecule has 7 heteroatoms. The molecule has 41 heavy (non-hydrogen) atoms. The van der Waals surface area contributed by atoms with Crippen molar-refractivity contribution < 1.29 is 14.6 Å². The number of aliphatic carboxylic acids is 1. The van der Waals surface area contributed by atoms with Crippen LogP contribution in [0.4, 0.5) is 5.69 Å². The molecule has 0 aliphatic carbocycles. The van der Waals surface area contributed by atoms with Gasteiger partial charge in [-0.25, -0.2) is 4.79 Å². The predicted molar refractivity (Wildman–Crippen MR) is 168 cm³/mol. The normalized spacial score (nSPS) is 16.0. The number of nitrogens with one attached hydrogen (secondary N) is 1. The Hall–Kier alpha value is -2.93. The van der Waals surface area contributed by atoms with Gasteiger partial charge in [0.2, 0.25) is 0 Å². The number of rotatable bonds is 9. The highest BCUT2D eigenvalue weighted by Crippen LogP contribution is 2.44. The van der Waals surface area contributed by atoms with Crippen molar-refractivity contribution in [2.45, 2.75) is 86.1 Å². The van der Waals surface area contributed by atoms with Crippen molar-refractivity contribution in [1.82, 2.24) is 10.3 Å². The highest BCUT2D eigenvalue weighted by Gasteiger charge is 2.36. The van der Waals surface area contributed by atoms with Crippen molar-refractivity contribution in [2.75, 3.05) is 18.0 Å². The first-order valence-electron chi connectivity index (χ1n) is 14.5. The lowest BCUT2D eigenvalue weighted by Gasteiger charge is -2.41. The molecule has 1 atom stereocenters. The molecule has 2 aromatic carbocycles. The summed E-state index contributed by atoms with van der Waals surface area (Å²) in [4.78, 5) is 19.9. The number of halogens is 1. The molecule has 4 rings (SSSR count). The van der Waals surface area contributed by atoms with Crippen LogP contribution < -0.4 is 10.2 Å². The molecule has 0 unspecified atom stereocenters. The van der Waals surface area contributed by atoms with Gasteiger partial charge in [0.25, 0.3) is 0 Å². The molecule has 2 heterocycles. The van der Waals surface area contributed by atoms with Crippen LogP contribution in [-0.2, 0) is 22.6 Å². The van der Waals surface area contributed by atoms with E-state index in [-0.39, 0.29) is 5.41 Å². The van der Waals surface area contributed by atoms with Gasteiger partial charge in [0.1, 0.15) is 0 Å². The third-order valence-corrected chi connectivity index (χ3v) is 8.04. The molecule has 0 spiro atoms. The maximum atomic E-state index is 12.7. The molecule has 0 saturated carbocycles. The second-order valence-corrected chi connectivity index (χ2v) is 13.4. The molecule has 3 aromatic rings. The predicted octanol–water partition coefficient (Wildman–Crippen LogP) is 7.88. The molecule has 220 valence electrons. The van der Waals surface area contributed by atoms with Crippen LogP contribution >= 0.6 is 11.6 Å². The smallest absolute Gasteiger partial charge is 0.337 e. The lowest BCUT2D eigenvalue weighted by molar-refractivity contribution is -0.160. The average molecular weight is 578 g/mol. The molecule has 0 bridgehead atoms. The fourth-order valence-electron chi connectivity index (χ4n) is 5.50. The summed E-state index contributed by atoms with van der Waals surface area (Å²) in [5.74, 6) is -1.000. The Balaban J connectivity index is 1.71. The van der Waals surface area contributed by atoms with Crippen LogP contribution in [0.3, 0.4) is 0 Å². The van der Waals surface area contributed by atoms with Gasteiger partial charge in [-0.05, 0) is 81.7 Å². The topological polar surface area (TPSA) is 74.7 Å². The number of ether oxygens (including phenoxy) is 1. The van der Waals surface area contributed by atoms with Gasteiger partial charge in [0, 0.05) is 53.7 Å². The van der Waals surface area contributed by atoms with Gasteiger partial charge >= 0.3 is 5.97 Å². The molecule has 1 fully saturated rings. The van der Waals surface area contributed by atoms with E-state index in [1.54, 1.807) is 0 Å². The Morgan fingerprint density at radius 3 is 2.05 bits per heavy atom. The van der Waals surface area contributed by atoms with Crippen LogP contribution in [0.1, 0.15) is 81.6 Å². The minimum Gasteiger partial charge on any atom is -0.479 e. The lowest BCUT2D eigenvalue weighted by Crippen LogP contribution is -2.39. The molecule has 1 saturated heterocycles. The van der Waals surface area contributed by atoms with Crippen LogP contribution in [0.2, 0.25) is 5.02 Å². The molecule has 1 aromatic heterocycles. The zero-order chi connectivity index (χ0) is 29.9.